The van der Waals surface area contributed by atoms with Gasteiger partial charge >= 0.3 is 7.12 Å². The summed E-state index contributed by atoms with van der Waals surface area (Å²) < 4.78 is 0.800. The minimum atomic E-state index is -1.49. The van der Waals surface area contributed by atoms with E-state index in [2.05, 4.69) is 10.3 Å². The average Bonchev–Trinajstić information content (AvgIpc) is 2.56. The Hall–Kier alpha value is -1.44. The van der Waals surface area contributed by atoms with Gasteiger partial charge in [0.1, 0.15) is 0 Å². The summed E-state index contributed by atoms with van der Waals surface area (Å²) in [5, 5.41) is 21.1. The first-order valence-corrected chi connectivity index (χ1v) is 5.42. The van der Waals surface area contributed by atoms with E-state index in [1.807, 2.05) is 0 Å². The smallest absolute Gasteiger partial charge is 0.423 e. The normalized spacial score (nSPS) is 10.4. The van der Waals surface area contributed by atoms with Crippen LogP contribution in [0.4, 0.5) is 5.13 Å². The van der Waals surface area contributed by atoms with Crippen molar-refractivity contribution in [1.29, 1.82) is 0 Å². The Kier molecular flexibility index (Phi) is 2.91. The van der Waals surface area contributed by atoms with Crippen LogP contribution in [0.1, 0.15) is 6.92 Å². The lowest BCUT2D eigenvalue weighted by Crippen LogP contribution is -2.29. The molecule has 0 spiro atoms. The first kappa shape index (κ1) is 11.1. The van der Waals surface area contributed by atoms with Crippen molar-refractivity contribution in [2.45, 2.75) is 6.92 Å². The summed E-state index contributed by atoms with van der Waals surface area (Å²) in [6.45, 7) is 1.41. The van der Waals surface area contributed by atoms with E-state index in [4.69, 9.17) is 10.0 Å². The van der Waals surface area contributed by atoms with Crippen molar-refractivity contribution in [3.8, 4) is 0 Å². The summed E-state index contributed by atoms with van der Waals surface area (Å²) in [5.41, 5.74) is 1.13. The van der Waals surface area contributed by atoms with Crippen molar-refractivity contribution in [2.75, 3.05) is 5.32 Å². The van der Waals surface area contributed by atoms with E-state index in [-0.39, 0.29) is 5.91 Å². The molecule has 2 rings (SSSR count). The third-order valence-electron chi connectivity index (χ3n) is 1.99. The Morgan fingerprint density at radius 1 is 1.50 bits per heavy atom. The van der Waals surface area contributed by atoms with E-state index in [0.29, 0.717) is 10.6 Å². The zero-order chi connectivity index (χ0) is 11.7. The first-order chi connectivity index (χ1) is 7.56. The Bertz CT molecular complexity index is 541. The number of benzene rings is 1. The number of nitrogens with zero attached hydrogens (tertiary/aromatic N) is 1. The number of carbonyl (C=O) groups is 1. The quantitative estimate of drug-likeness (QED) is 0.637. The van der Waals surface area contributed by atoms with Crippen LogP contribution < -0.4 is 10.8 Å². The molecule has 16 heavy (non-hydrogen) atoms. The van der Waals surface area contributed by atoms with Gasteiger partial charge in [-0.25, -0.2) is 4.98 Å². The van der Waals surface area contributed by atoms with Gasteiger partial charge in [0, 0.05) is 6.92 Å². The lowest BCUT2D eigenvalue weighted by Gasteiger charge is -1.96. The van der Waals surface area contributed by atoms with Gasteiger partial charge in [0.25, 0.3) is 0 Å². The molecule has 5 nitrogen and oxygen atoms in total. The van der Waals surface area contributed by atoms with Crippen LogP contribution in [-0.4, -0.2) is 28.1 Å². The molecular weight excluding hydrogens is 227 g/mol. The highest BCUT2D eigenvalue weighted by Gasteiger charge is 2.13. The van der Waals surface area contributed by atoms with Crippen LogP contribution in [0.2, 0.25) is 0 Å². The third-order valence-corrected chi connectivity index (χ3v) is 2.93. The molecule has 0 aliphatic heterocycles. The predicted molar refractivity (Wildman–Crippen MR) is 63.7 cm³/mol. The van der Waals surface area contributed by atoms with E-state index in [9.17, 15) is 4.79 Å². The van der Waals surface area contributed by atoms with E-state index < -0.39 is 7.12 Å². The van der Waals surface area contributed by atoms with Crippen molar-refractivity contribution in [3.63, 3.8) is 0 Å². The van der Waals surface area contributed by atoms with Crippen molar-refractivity contribution < 1.29 is 14.8 Å². The standard InChI is InChI=1S/C9H9BN2O3S/c1-5(13)11-9-12-7-3-2-6(10(14)15)4-8(7)16-9/h2-4,14-15H,1H3,(H,11,12,13). The first-order valence-electron chi connectivity index (χ1n) is 4.60. The van der Waals surface area contributed by atoms with Gasteiger partial charge in [-0.2, -0.15) is 0 Å². The van der Waals surface area contributed by atoms with Gasteiger partial charge in [-0.15, -0.1) is 0 Å². The summed E-state index contributed by atoms with van der Waals surface area (Å²) in [6, 6.07) is 4.92. The largest absolute Gasteiger partial charge is 0.488 e. The van der Waals surface area contributed by atoms with Crippen molar-refractivity contribution >= 4 is 45.2 Å². The highest BCUT2D eigenvalue weighted by molar-refractivity contribution is 7.22. The number of hydrogen-bond donors (Lipinski definition) is 3. The highest BCUT2D eigenvalue weighted by atomic mass is 32.1. The predicted octanol–water partition coefficient (Wildman–Crippen LogP) is -0.0655. The Labute approximate surface area is 95.9 Å². The fourth-order valence-corrected chi connectivity index (χ4v) is 2.27. The number of thiazole rings is 1. The zero-order valence-corrected chi connectivity index (χ0v) is 9.28. The second-order valence-electron chi connectivity index (χ2n) is 3.30. The molecule has 0 atom stereocenters. The molecule has 0 unspecified atom stereocenters. The molecule has 0 saturated carbocycles. The molecule has 1 aromatic carbocycles. The fourth-order valence-electron chi connectivity index (χ4n) is 1.31. The second kappa shape index (κ2) is 4.21. The minimum Gasteiger partial charge on any atom is -0.423 e. The van der Waals surface area contributed by atoms with Crippen LogP contribution in [0.15, 0.2) is 18.2 Å². The van der Waals surface area contributed by atoms with Crippen LogP contribution >= 0.6 is 11.3 Å². The van der Waals surface area contributed by atoms with Gasteiger partial charge in [0.15, 0.2) is 5.13 Å². The lowest BCUT2D eigenvalue weighted by atomic mass is 9.80. The molecule has 0 bridgehead atoms. The number of carbonyl (C=O) groups excluding carboxylic acids is 1. The van der Waals surface area contributed by atoms with Crippen LogP contribution in [-0.2, 0) is 4.79 Å². The molecule has 3 N–H and O–H groups in total. The van der Waals surface area contributed by atoms with E-state index in [0.717, 1.165) is 10.2 Å². The Morgan fingerprint density at radius 3 is 2.88 bits per heavy atom. The van der Waals surface area contributed by atoms with Gasteiger partial charge in [-0.3, -0.25) is 4.79 Å². The number of aromatic nitrogens is 1. The number of hydrogen-bond acceptors (Lipinski definition) is 5. The van der Waals surface area contributed by atoms with Crippen molar-refractivity contribution in [3.05, 3.63) is 18.2 Å². The van der Waals surface area contributed by atoms with Gasteiger partial charge in [-0.05, 0) is 17.6 Å². The van der Waals surface area contributed by atoms with Crippen molar-refractivity contribution in [2.24, 2.45) is 0 Å². The average molecular weight is 236 g/mol. The maximum Gasteiger partial charge on any atom is 0.488 e. The molecule has 7 heteroatoms. The summed E-state index contributed by atoms with van der Waals surface area (Å²) in [6.07, 6.45) is 0. The van der Waals surface area contributed by atoms with Gasteiger partial charge in [-0.1, -0.05) is 17.4 Å². The third kappa shape index (κ3) is 2.21. The monoisotopic (exact) mass is 236 g/mol. The molecule has 2 aromatic rings. The Balaban J connectivity index is 2.41. The summed E-state index contributed by atoms with van der Waals surface area (Å²) in [4.78, 5) is 15.0. The highest BCUT2D eigenvalue weighted by Crippen LogP contribution is 2.24. The van der Waals surface area contributed by atoms with E-state index in [1.54, 1.807) is 18.2 Å². The maximum absolute atomic E-state index is 10.8. The number of nitrogens with one attached hydrogen (secondary N) is 1. The molecule has 0 aliphatic rings. The molecule has 0 aliphatic carbocycles. The van der Waals surface area contributed by atoms with Crippen LogP contribution in [0.3, 0.4) is 0 Å². The summed E-state index contributed by atoms with van der Waals surface area (Å²) in [7, 11) is -1.49. The van der Waals surface area contributed by atoms with Crippen LogP contribution in [0.5, 0.6) is 0 Å². The summed E-state index contributed by atoms with van der Waals surface area (Å²) in [5.74, 6) is -0.179. The zero-order valence-electron chi connectivity index (χ0n) is 8.47. The van der Waals surface area contributed by atoms with Gasteiger partial charge in [0.2, 0.25) is 5.91 Å². The molecule has 1 heterocycles. The Morgan fingerprint density at radius 2 is 2.25 bits per heavy atom. The summed E-state index contributed by atoms with van der Waals surface area (Å²) >= 11 is 1.29. The number of rotatable bonds is 2. The molecular formula is C9H9BN2O3S. The fraction of sp³-hybridized carbons (Fsp3) is 0.111. The van der Waals surface area contributed by atoms with E-state index >= 15 is 0 Å². The van der Waals surface area contributed by atoms with Crippen molar-refractivity contribution in [1.82, 2.24) is 4.98 Å². The van der Waals surface area contributed by atoms with E-state index in [1.165, 1.54) is 18.3 Å². The van der Waals surface area contributed by atoms with Gasteiger partial charge < -0.3 is 15.4 Å². The van der Waals surface area contributed by atoms with Crippen LogP contribution in [0.25, 0.3) is 10.2 Å². The maximum atomic E-state index is 10.8. The molecule has 1 amide bonds. The van der Waals surface area contributed by atoms with Gasteiger partial charge in [0.05, 0.1) is 10.2 Å². The number of amides is 1. The number of fused-ring (bicyclic) bond motifs is 1. The molecule has 82 valence electrons. The SMILES string of the molecule is CC(=O)Nc1nc2ccc(B(O)O)cc2s1. The molecule has 0 radical (unpaired) electrons. The molecule has 0 fully saturated rings. The molecule has 0 saturated heterocycles. The topological polar surface area (TPSA) is 82.5 Å². The lowest BCUT2D eigenvalue weighted by molar-refractivity contribution is -0.114. The minimum absolute atomic E-state index is 0.179. The van der Waals surface area contributed by atoms with Crippen LogP contribution in [0, 0.1) is 0 Å². The second-order valence-corrected chi connectivity index (χ2v) is 4.33. The number of anilines is 1. The molecule has 1 aromatic heterocycles.